The number of nitrogens with zero attached hydrogens (tertiary/aromatic N) is 6. The summed E-state index contributed by atoms with van der Waals surface area (Å²) in [5.74, 6) is 2.89. The van der Waals surface area contributed by atoms with E-state index in [0.29, 0.717) is 5.92 Å². The molecule has 3 heterocycles. The SMILES string of the molecule is Cc1cc(Nc2ccc(C(C)C)cc2)nc(N2CCN(c3ncccn3)CC2)n1. The Labute approximate surface area is 171 Å². The Morgan fingerprint density at radius 1 is 0.862 bits per heavy atom. The Morgan fingerprint density at radius 3 is 2.10 bits per heavy atom. The van der Waals surface area contributed by atoms with E-state index in [1.54, 1.807) is 12.4 Å². The van der Waals surface area contributed by atoms with Gasteiger partial charge in [0.2, 0.25) is 11.9 Å². The molecule has 1 aromatic carbocycles. The van der Waals surface area contributed by atoms with E-state index in [0.717, 1.165) is 55.3 Å². The van der Waals surface area contributed by atoms with E-state index in [-0.39, 0.29) is 0 Å². The first-order valence-corrected chi connectivity index (χ1v) is 10.1. The van der Waals surface area contributed by atoms with Crippen LogP contribution in [-0.4, -0.2) is 46.1 Å². The van der Waals surface area contributed by atoms with Crippen LogP contribution in [0.1, 0.15) is 31.0 Å². The summed E-state index contributed by atoms with van der Waals surface area (Å²) in [7, 11) is 0. The van der Waals surface area contributed by atoms with Crippen LogP contribution in [-0.2, 0) is 0 Å². The molecule has 3 aromatic rings. The fraction of sp³-hybridized carbons (Fsp3) is 0.364. The maximum absolute atomic E-state index is 4.76. The van der Waals surface area contributed by atoms with Crippen molar-refractivity contribution in [3.8, 4) is 0 Å². The number of rotatable bonds is 5. The molecule has 0 bridgehead atoms. The second-order valence-electron chi connectivity index (χ2n) is 7.62. The Kier molecular flexibility index (Phi) is 5.55. The molecule has 7 nitrogen and oxygen atoms in total. The van der Waals surface area contributed by atoms with Crippen LogP contribution in [0, 0.1) is 6.92 Å². The fourth-order valence-corrected chi connectivity index (χ4v) is 3.42. The molecule has 1 aliphatic rings. The molecule has 0 aliphatic carbocycles. The first-order valence-electron chi connectivity index (χ1n) is 10.1. The summed E-state index contributed by atoms with van der Waals surface area (Å²) in [6.45, 7) is 9.78. The lowest BCUT2D eigenvalue weighted by Crippen LogP contribution is -2.47. The van der Waals surface area contributed by atoms with Crippen LogP contribution >= 0.6 is 0 Å². The van der Waals surface area contributed by atoms with Gasteiger partial charge in [-0.2, -0.15) is 4.98 Å². The molecule has 1 saturated heterocycles. The van der Waals surface area contributed by atoms with Crippen molar-refractivity contribution >= 4 is 23.4 Å². The Hall–Kier alpha value is -3.22. The molecular weight excluding hydrogens is 362 g/mol. The van der Waals surface area contributed by atoms with Crippen LogP contribution in [0.3, 0.4) is 0 Å². The fourth-order valence-electron chi connectivity index (χ4n) is 3.42. The molecule has 0 atom stereocenters. The second-order valence-corrected chi connectivity index (χ2v) is 7.62. The van der Waals surface area contributed by atoms with Crippen molar-refractivity contribution in [1.82, 2.24) is 19.9 Å². The number of hydrogen-bond donors (Lipinski definition) is 1. The van der Waals surface area contributed by atoms with Gasteiger partial charge >= 0.3 is 0 Å². The minimum atomic E-state index is 0.525. The van der Waals surface area contributed by atoms with Crippen LogP contribution in [0.15, 0.2) is 48.8 Å². The number of hydrogen-bond acceptors (Lipinski definition) is 7. The van der Waals surface area contributed by atoms with Gasteiger partial charge in [-0.1, -0.05) is 26.0 Å². The lowest BCUT2D eigenvalue weighted by atomic mass is 10.0. The van der Waals surface area contributed by atoms with Gasteiger partial charge in [0.1, 0.15) is 5.82 Å². The average Bonchev–Trinajstić information content (AvgIpc) is 2.74. The Morgan fingerprint density at radius 2 is 1.48 bits per heavy atom. The quantitative estimate of drug-likeness (QED) is 0.712. The molecule has 1 fully saturated rings. The van der Waals surface area contributed by atoms with Crippen LogP contribution in [0.5, 0.6) is 0 Å². The van der Waals surface area contributed by atoms with Gasteiger partial charge in [-0.3, -0.25) is 0 Å². The molecule has 0 spiro atoms. The van der Waals surface area contributed by atoms with E-state index >= 15 is 0 Å². The van der Waals surface area contributed by atoms with Gasteiger partial charge in [0.25, 0.3) is 0 Å². The topological polar surface area (TPSA) is 70.1 Å². The molecule has 2 aromatic heterocycles. The number of aromatic nitrogens is 4. The highest BCUT2D eigenvalue weighted by Crippen LogP contribution is 2.22. The Balaban J connectivity index is 1.44. The van der Waals surface area contributed by atoms with Crippen LogP contribution in [0.2, 0.25) is 0 Å². The molecular formula is C22H27N7. The third-order valence-electron chi connectivity index (χ3n) is 5.09. The third-order valence-corrected chi connectivity index (χ3v) is 5.09. The van der Waals surface area contributed by atoms with Crippen molar-refractivity contribution in [2.24, 2.45) is 0 Å². The highest BCUT2D eigenvalue weighted by molar-refractivity contribution is 5.58. The number of aryl methyl sites for hydroxylation is 1. The van der Waals surface area contributed by atoms with Gasteiger partial charge in [0.05, 0.1) is 0 Å². The molecule has 0 unspecified atom stereocenters. The molecule has 4 rings (SSSR count). The van der Waals surface area contributed by atoms with Gasteiger partial charge in [0, 0.05) is 56.0 Å². The molecule has 7 heteroatoms. The summed E-state index contributed by atoms with van der Waals surface area (Å²) in [5, 5.41) is 3.42. The predicted octanol–water partition coefficient (Wildman–Crippen LogP) is 3.77. The summed E-state index contributed by atoms with van der Waals surface area (Å²) in [5.41, 5.74) is 3.31. The van der Waals surface area contributed by atoms with Crippen molar-refractivity contribution in [1.29, 1.82) is 0 Å². The highest BCUT2D eigenvalue weighted by atomic mass is 15.4. The second kappa shape index (κ2) is 8.43. The molecule has 0 radical (unpaired) electrons. The molecule has 0 amide bonds. The van der Waals surface area contributed by atoms with E-state index < -0.39 is 0 Å². The van der Waals surface area contributed by atoms with Crippen LogP contribution in [0.4, 0.5) is 23.4 Å². The van der Waals surface area contributed by atoms with E-state index in [1.165, 1.54) is 5.56 Å². The largest absolute Gasteiger partial charge is 0.340 e. The zero-order valence-electron chi connectivity index (χ0n) is 17.2. The molecule has 0 saturated carbocycles. The van der Waals surface area contributed by atoms with Crippen LogP contribution in [0.25, 0.3) is 0 Å². The maximum Gasteiger partial charge on any atom is 0.227 e. The standard InChI is InChI=1S/C22H27N7/c1-16(2)18-5-7-19(8-6-18)26-20-15-17(3)25-22(27-20)29-13-11-28(12-14-29)21-23-9-4-10-24-21/h4-10,15-16H,11-14H2,1-3H3,(H,25,26,27). The van der Waals surface area contributed by atoms with Crippen molar-refractivity contribution < 1.29 is 0 Å². The van der Waals surface area contributed by atoms with Gasteiger partial charge in [-0.25, -0.2) is 15.0 Å². The van der Waals surface area contributed by atoms with Gasteiger partial charge in [-0.05, 0) is 36.6 Å². The predicted molar refractivity (Wildman–Crippen MR) is 117 cm³/mol. The smallest absolute Gasteiger partial charge is 0.227 e. The van der Waals surface area contributed by atoms with Crippen molar-refractivity contribution in [3.05, 3.63) is 60.0 Å². The van der Waals surface area contributed by atoms with Crippen molar-refractivity contribution in [2.45, 2.75) is 26.7 Å². The van der Waals surface area contributed by atoms with Gasteiger partial charge in [-0.15, -0.1) is 0 Å². The van der Waals surface area contributed by atoms with E-state index in [1.807, 2.05) is 19.1 Å². The monoisotopic (exact) mass is 389 g/mol. The summed E-state index contributed by atoms with van der Waals surface area (Å²) < 4.78 is 0. The lowest BCUT2D eigenvalue weighted by molar-refractivity contribution is 0.627. The van der Waals surface area contributed by atoms with Crippen molar-refractivity contribution in [2.75, 3.05) is 41.3 Å². The maximum atomic E-state index is 4.76. The normalized spacial score (nSPS) is 14.3. The van der Waals surface area contributed by atoms with Gasteiger partial charge < -0.3 is 15.1 Å². The first kappa shape index (κ1) is 19.1. The number of anilines is 4. The van der Waals surface area contributed by atoms with E-state index in [9.17, 15) is 0 Å². The average molecular weight is 390 g/mol. The lowest BCUT2D eigenvalue weighted by Gasteiger charge is -2.34. The molecule has 1 N–H and O–H groups in total. The molecule has 1 aliphatic heterocycles. The number of benzene rings is 1. The Bertz CT molecular complexity index is 933. The zero-order chi connectivity index (χ0) is 20.2. The highest BCUT2D eigenvalue weighted by Gasteiger charge is 2.21. The summed E-state index contributed by atoms with van der Waals surface area (Å²) >= 11 is 0. The summed E-state index contributed by atoms with van der Waals surface area (Å²) in [6, 6.07) is 12.3. The summed E-state index contributed by atoms with van der Waals surface area (Å²) in [6.07, 6.45) is 3.56. The molecule has 29 heavy (non-hydrogen) atoms. The molecule has 150 valence electrons. The zero-order valence-corrected chi connectivity index (χ0v) is 17.2. The first-order chi connectivity index (χ1) is 14.1. The number of nitrogens with one attached hydrogen (secondary N) is 1. The van der Waals surface area contributed by atoms with Gasteiger partial charge in [0.15, 0.2) is 0 Å². The third kappa shape index (κ3) is 4.62. The number of piperazine rings is 1. The minimum absolute atomic E-state index is 0.525. The minimum Gasteiger partial charge on any atom is -0.340 e. The van der Waals surface area contributed by atoms with E-state index in [2.05, 4.69) is 68.2 Å². The van der Waals surface area contributed by atoms with E-state index in [4.69, 9.17) is 4.98 Å². The van der Waals surface area contributed by atoms with Crippen molar-refractivity contribution in [3.63, 3.8) is 0 Å². The van der Waals surface area contributed by atoms with Crippen LogP contribution < -0.4 is 15.1 Å². The summed E-state index contributed by atoms with van der Waals surface area (Å²) in [4.78, 5) is 22.5.